The Morgan fingerprint density at radius 3 is 2.65 bits per heavy atom. The molecule has 134 valence electrons. The molecule has 0 unspecified atom stereocenters. The number of ether oxygens (including phenoxy) is 1. The summed E-state index contributed by atoms with van der Waals surface area (Å²) in [7, 11) is 1.59. The molecule has 1 aromatic heterocycles. The molecule has 7 heteroatoms. The van der Waals surface area contributed by atoms with Gasteiger partial charge in [0, 0.05) is 11.7 Å². The lowest BCUT2D eigenvalue weighted by molar-refractivity contribution is 0.411. The summed E-state index contributed by atoms with van der Waals surface area (Å²) in [6, 6.07) is 14.8. The van der Waals surface area contributed by atoms with Gasteiger partial charge in [0.1, 0.15) is 10.1 Å². The zero-order valence-corrected chi connectivity index (χ0v) is 16.3. The van der Waals surface area contributed by atoms with Crippen molar-refractivity contribution in [3.8, 4) is 11.4 Å². The van der Waals surface area contributed by atoms with Gasteiger partial charge in [-0.15, -0.1) is 23.2 Å². The average Bonchev–Trinajstić information content (AvgIpc) is 3.27. The molecular formula is C19H16Cl2N2O2S. The smallest absolute Gasteiger partial charge is 0.266 e. The molecule has 0 saturated heterocycles. The van der Waals surface area contributed by atoms with E-state index in [2.05, 4.69) is 0 Å². The van der Waals surface area contributed by atoms with Crippen LogP contribution in [0.25, 0.3) is 16.6 Å². The van der Waals surface area contributed by atoms with E-state index in [9.17, 15) is 4.79 Å². The quantitative estimate of drug-likeness (QED) is 0.350. The van der Waals surface area contributed by atoms with Crippen molar-refractivity contribution >= 4 is 45.9 Å². The van der Waals surface area contributed by atoms with Gasteiger partial charge in [0.05, 0.1) is 23.7 Å². The molecule has 0 aliphatic heterocycles. The van der Waals surface area contributed by atoms with E-state index >= 15 is 0 Å². The molecule has 0 radical (unpaired) electrons. The first-order valence-corrected chi connectivity index (χ1v) is 9.91. The molecule has 1 aliphatic carbocycles. The van der Waals surface area contributed by atoms with Gasteiger partial charge in [-0.1, -0.05) is 36.0 Å². The number of thioether (sulfide) groups is 1. The van der Waals surface area contributed by atoms with E-state index in [0.29, 0.717) is 33.2 Å². The third-order valence-corrected chi connectivity index (χ3v) is 6.47. The van der Waals surface area contributed by atoms with Gasteiger partial charge in [-0.3, -0.25) is 9.36 Å². The number of methoxy groups -OCH3 is 1. The fourth-order valence-corrected chi connectivity index (χ4v) is 4.80. The highest BCUT2D eigenvalue weighted by Gasteiger charge is 2.51. The fraction of sp³-hybridized carbons (Fsp3) is 0.263. The molecule has 2 aromatic carbocycles. The Kier molecular flexibility index (Phi) is 4.63. The highest BCUT2D eigenvalue weighted by Crippen LogP contribution is 2.54. The first kappa shape index (κ1) is 17.7. The highest BCUT2D eigenvalue weighted by atomic mass is 35.5. The summed E-state index contributed by atoms with van der Waals surface area (Å²) in [5.41, 5.74) is 1.21. The lowest BCUT2D eigenvalue weighted by atomic mass is 10.2. The molecule has 1 fully saturated rings. The zero-order valence-electron chi connectivity index (χ0n) is 14.0. The number of alkyl halides is 2. The molecule has 1 atom stereocenters. The minimum atomic E-state index is -0.653. The summed E-state index contributed by atoms with van der Waals surface area (Å²) in [5.74, 6) is 1.52. The maximum Gasteiger partial charge on any atom is 0.266 e. The van der Waals surface area contributed by atoms with Crippen LogP contribution in [0.5, 0.6) is 5.75 Å². The Balaban J connectivity index is 1.86. The largest absolute Gasteiger partial charge is 0.495 e. The molecule has 1 heterocycles. The van der Waals surface area contributed by atoms with Crippen molar-refractivity contribution < 1.29 is 4.74 Å². The Hall–Kier alpha value is -1.69. The van der Waals surface area contributed by atoms with E-state index in [4.69, 9.17) is 32.9 Å². The number of halogens is 2. The summed E-state index contributed by atoms with van der Waals surface area (Å²) < 4.78 is 6.41. The van der Waals surface area contributed by atoms with Gasteiger partial charge in [0.15, 0.2) is 5.16 Å². The Morgan fingerprint density at radius 2 is 1.92 bits per heavy atom. The lowest BCUT2D eigenvalue weighted by Gasteiger charge is -2.15. The van der Waals surface area contributed by atoms with Gasteiger partial charge in [0.25, 0.3) is 5.56 Å². The molecular weight excluding hydrogens is 391 g/mol. The predicted octanol–water partition coefficient (Wildman–Crippen LogP) is 4.68. The summed E-state index contributed by atoms with van der Waals surface area (Å²) in [4.78, 5) is 17.9. The second-order valence-corrected chi connectivity index (χ2v) is 8.73. The van der Waals surface area contributed by atoms with Gasteiger partial charge in [-0.2, -0.15) is 0 Å². The Labute approximate surface area is 165 Å². The molecule has 3 aromatic rings. The van der Waals surface area contributed by atoms with E-state index < -0.39 is 4.33 Å². The van der Waals surface area contributed by atoms with Crippen LogP contribution in [-0.4, -0.2) is 26.7 Å². The van der Waals surface area contributed by atoms with Crippen molar-refractivity contribution in [3.63, 3.8) is 0 Å². The number of fused-ring (bicyclic) bond motifs is 1. The Bertz CT molecular complexity index is 1040. The number of hydrogen-bond acceptors (Lipinski definition) is 4. The summed E-state index contributed by atoms with van der Waals surface area (Å²) in [6.45, 7) is 0. The fourth-order valence-electron chi connectivity index (χ4n) is 2.86. The van der Waals surface area contributed by atoms with Crippen molar-refractivity contribution in [1.29, 1.82) is 0 Å². The van der Waals surface area contributed by atoms with Gasteiger partial charge < -0.3 is 4.74 Å². The van der Waals surface area contributed by atoms with Crippen LogP contribution in [0.3, 0.4) is 0 Å². The number of nitrogens with zero attached hydrogens (tertiary/aromatic N) is 2. The van der Waals surface area contributed by atoms with Crippen molar-refractivity contribution in [2.45, 2.75) is 15.9 Å². The van der Waals surface area contributed by atoms with Gasteiger partial charge in [-0.05, 0) is 30.7 Å². The van der Waals surface area contributed by atoms with E-state index in [1.807, 2.05) is 42.5 Å². The van der Waals surface area contributed by atoms with Crippen LogP contribution < -0.4 is 10.3 Å². The summed E-state index contributed by atoms with van der Waals surface area (Å²) in [6.07, 6.45) is 0.760. The van der Waals surface area contributed by atoms with Crippen LogP contribution in [0, 0.1) is 5.92 Å². The van der Waals surface area contributed by atoms with Crippen molar-refractivity contribution in [1.82, 2.24) is 9.55 Å². The minimum absolute atomic E-state index is 0.124. The molecule has 0 N–H and O–H groups in total. The zero-order chi connectivity index (χ0) is 18.3. The molecule has 0 bridgehead atoms. The Morgan fingerprint density at radius 1 is 1.23 bits per heavy atom. The second-order valence-electron chi connectivity index (χ2n) is 6.20. The monoisotopic (exact) mass is 406 g/mol. The first-order chi connectivity index (χ1) is 12.5. The lowest BCUT2D eigenvalue weighted by Crippen LogP contribution is -2.22. The summed E-state index contributed by atoms with van der Waals surface area (Å²) in [5, 5.41) is 1.17. The van der Waals surface area contributed by atoms with Crippen LogP contribution in [0.2, 0.25) is 0 Å². The van der Waals surface area contributed by atoms with Crippen LogP contribution in [0.1, 0.15) is 6.42 Å². The SMILES string of the molecule is COc1ccccc1-n1c(SC[C@H]2CC2(Cl)Cl)nc2ccccc2c1=O. The number of benzene rings is 2. The van der Waals surface area contributed by atoms with Gasteiger partial charge in [0.2, 0.25) is 0 Å². The first-order valence-electron chi connectivity index (χ1n) is 8.17. The van der Waals surface area contributed by atoms with Crippen molar-refractivity contribution in [3.05, 3.63) is 58.9 Å². The van der Waals surface area contributed by atoms with Gasteiger partial charge >= 0.3 is 0 Å². The molecule has 0 spiro atoms. The molecule has 4 nitrogen and oxygen atoms in total. The standard InChI is InChI=1S/C19H16Cl2N2O2S/c1-25-16-9-5-4-8-15(16)23-17(24)13-6-2-3-7-14(13)22-18(23)26-11-12-10-19(12,20)21/h2-9,12H,10-11H2,1H3/t12-/m1/s1. The van der Waals surface area contributed by atoms with E-state index in [-0.39, 0.29) is 11.5 Å². The van der Waals surface area contributed by atoms with Crippen LogP contribution in [0.15, 0.2) is 58.5 Å². The number of rotatable bonds is 5. The minimum Gasteiger partial charge on any atom is -0.495 e. The second kappa shape index (κ2) is 6.80. The maximum atomic E-state index is 13.2. The van der Waals surface area contributed by atoms with E-state index in [1.54, 1.807) is 17.7 Å². The number of aromatic nitrogens is 2. The molecule has 1 aliphatic rings. The molecule has 26 heavy (non-hydrogen) atoms. The molecule has 0 amide bonds. The van der Waals surface area contributed by atoms with Crippen molar-refractivity contribution in [2.24, 2.45) is 5.92 Å². The maximum absolute atomic E-state index is 13.2. The number of para-hydroxylation sites is 3. The van der Waals surface area contributed by atoms with Crippen LogP contribution >= 0.6 is 35.0 Å². The van der Waals surface area contributed by atoms with Crippen molar-refractivity contribution in [2.75, 3.05) is 12.9 Å². The molecule has 1 saturated carbocycles. The third-order valence-electron chi connectivity index (χ3n) is 4.44. The predicted molar refractivity (Wildman–Crippen MR) is 107 cm³/mol. The van der Waals surface area contributed by atoms with E-state index in [1.165, 1.54) is 11.8 Å². The van der Waals surface area contributed by atoms with Crippen LogP contribution in [0.4, 0.5) is 0 Å². The highest BCUT2D eigenvalue weighted by molar-refractivity contribution is 7.99. The average molecular weight is 407 g/mol. The van der Waals surface area contributed by atoms with Crippen LogP contribution in [-0.2, 0) is 0 Å². The third kappa shape index (κ3) is 3.20. The number of hydrogen-bond donors (Lipinski definition) is 0. The topological polar surface area (TPSA) is 44.1 Å². The van der Waals surface area contributed by atoms with Gasteiger partial charge in [-0.25, -0.2) is 4.98 Å². The molecule has 4 rings (SSSR count). The van der Waals surface area contributed by atoms with E-state index in [0.717, 1.165) is 6.42 Å². The summed E-state index contributed by atoms with van der Waals surface area (Å²) >= 11 is 13.8. The normalized spacial score (nSPS) is 18.0.